The molecule has 0 unspecified atom stereocenters. The average molecular weight is 487 g/mol. The highest BCUT2D eigenvalue weighted by Crippen LogP contribution is 2.24. The van der Waals surface area contributed by atoms with Gasteiger partial charge in [-0.15, -0.1) is 5.10 Å². The first-order chi connectivity index (χ1) is 17.0. The molecule has 9 heteroatoms. The van der Waals surface area contributed by atoms with Crippen LogP contribution in [-0.4, -0.2) is 30.7 Å². The van der Waals surface area contributed by atoms with Crippen molar-refractivity contribution in [2.75, 3.05) is 0 Å². The molecule has 0 aliphatic heterocycles. The van der Waals surface area contributed by atoms with Crippen molar-refractivity contribution in [3.63, 3.8) is 0 Å². The zero-order valence-corrected chi connectivity index (χ0v) is 19.2. The number of rotatable bonds is 7. The third-order valence-corrected chi connectivity index (χ3v) is 5.62. The molecule has 2 heterocycles. The van der Waals surface area contributed by atoms with Crippen LogP contribution in [0.2, 0.25) is 5.02 Å². The molecular formula is C26H20ClFN6O. The molecule has 1 N–H and O–H groups in total. The monoisotopic (exact) mass is 486 g/mol. The molecule has 7 nitrogen and oxygen atoms in total. The summed E-state index contributed by atoms with van der Waals surface area (Å²) in [4.78, 5) is 13.1. The summed E-state index contributed by atoms with van der Waals surface area (Å²) in [6, 6.07) is 22.9. The molecule has 0 saturated heterocycles. The van der Waals surface area contributed by atoms with Crippen LogP contribution < -0.4 is 5.32 Å². The number of nitrogens with one attached hydrogen (secondary N) is 1. The Morgan fingerprint density at radius 1 is 0.943 bits per heavy atom. The Hall–Kier alpha value is -4.30. The smallest absolute Gasteiger partial charge is 0.255 e. The zero-order chi connectivity index (χ0) is 24.2. The number of benzene rings is 3. The minimum absolute atomic E-state index is 0.193. The van der Waals surface area contributed by atoms with E-state index in [4.69, 9.17) is 11.6 Å². The van der Waals surface area contributed by atoms with Crippen LogP contribution in [0.25, 0.3) is 16.9 Å². The highest BCUT2D eigenvalue weighted by Gasteiger charge is 2.19. The van der Waals surface area contributed by atoms with Gasteiger partial charge in [-0.2, -0.15) is 5.10 Å². The standard InChI is InChI=1S/C26H20ClFN6O/c27-20-10-6-18(7-11-20)15-33-16-22(30-32-33)14-29-26(35)24-17-34(23-4-2-1-3-5-23)31-25(24)19-8-12-21(28)13-9-19/h1-13,16-17H,14-15H2,(H,29,35). The Bertz CT molecular complexity index is 1450. The van der Waals surface area contributed by atoms with Crippen LogP contribution in [0.3, 0.4) is 0 Å². The van der Waals surface area contributed by atoms with E-state index in [0.717, 1.165) is 11.3 Å². The third-order valence-electron chi connectivity index (χ3n) is 5.37. The predicted molar refractivity (Wildman–Crippen MR) is 131 cm³/mol. The fraction of sp³-hybridized carbons (Fsp3) is 0.0769. The van der Waals surface area contributed by atoms with Gasteiger partial charge in [0, 0.05) is 16.8 Å². The van der Waals surface area contributed by atoms with E-state index in [2.05, 4.69) is 20.7 Å². The Morgan fingerprint density at radius 3 is 2.43 bits per heavy atom. The molecule has 0 bridgehead atoms. The molecule has 0 aliphatic carbocycles. The van der Waals surface area contributed by atoms with Gasteiger partial charge in [0.05, 0.1) is 30.5 Å². The van der Waals surface area contributed by atoms with Crippen molar-refractivity contribution < 1.29 is 9.18 Å². The van der Waals surface area contributed by atoms with Crippen molar-refractivity contribution in [1.82, 2.24) is 30.1 Å². The number of hydrogen-bond donors (Lipinski definition) is 1. The van der Waals surface area contributed by atoms with Gasteiger partial charge in [-0.25, -0.2) is 13.8 Å². The molecule has 1 amide bonds. The number of halogens is 2. The second-order valence-electron chi connectivity index (χ2n) is 7.89. The molecule has 5 aromatic rings. The summed E-state index contributed by atoms with van der Waals surface area (Å²) in [5.41, 5.74) is 3.92. The maximum atomic E-state index is 13.5. The van der Waals surface area contributed by atoms with Gasteiger partial charge >= 0.3 is 0 Å². The fourth-order valence-corrected chi connectivity index (χ4v) is 3.74. The lowest BCUT2D eigenvalue weighted by atomic mass is 10.1. The van der Waals surface area contributed by atoms with Gasteiger partial charge in [0.25, 0.3) is 5.91 Å². The first-order valence-electron chi connectivity index (χ1n) is 10.9. The van der Waals surface area contributed by atoms with Crippen molar-refractivity contribution in [1.29, 1.82) is 0 Å². The number of nitrogens with zero attached hydrogens (tertiary/aromatic N) is 5. The summed E-state index contributed by atoms with van der Waals surface area (Å²) >= 11 is 5.94. The Morgan fingerprint density at radius 2 is 1.69 bits per heavy atom. The third kappa shape index (κ3) is 5.28. The van der Waals surface area contributed by atoms with Crippen molar-refractivity contribution in [2.24, 2.45) is 0 Å². The van der Waals surface area contributed by atoms with E-state index in [1.54, 1.807) is 33.9 Å². The second kappa shape index (κ2) is 9.90. The van der Waals surface area contributed by atoms with E-state index in [1.165, 1.54) is 12.1 Å². The van der Waals surface area contributed by atoms with Gasteiger partial charge in [0.2, 0.25) is 0 Å². The minimum atomic E-state index is -0.357. The molecule has 0 spiro atoms. The van der Waals surface area contributed by atoms with E-state index in [-0.39, 0.29) is 18.3 Å². The number of aromatic nitrogens is 5. The van der Waals surface area contributed by atoms with Crippen LogP contribution in [0.4, 0.5) is 4.39 Å². The minimum Gasteiger partial charge on any atom is -0.346 e. The van der Waals surface area contributed by atoms with Gasteiger partial charge < -0.3 is 5.32 Å². The first kappa shape index (κ1) is 22.5. The number of hydrogen-bond acceptors (Lipinski definition) is 4. The van der Waals surface area contributed by atoms with Crippen LogP contribution in [0.1, 0.15) is 21.6 Å². The van der Waals surface area contributed by atoms with Crippen LogP contribution in [0.5, 0.6) is 0 Å². The Balaban J connectivity index is 1.34. The number of carbonyl (C=O) groups excluding carboxylic acids is 1. The predicted octanol–water partition coefficient (Wildman–Crippen LogP) is 4.90. The van der Waals surface area contributed by atoms with E-state index < -0.39 is 0 Å². The summed E-state index contributed by atoms with van der Waals surface area (Å²) in [6.45, 7) is 0.732. The maximum absolute atomic E-state index is 13.5. The van der Waals surface area contributed by atoms with Crippen molar-refractivity contribution in [3.05, 3.63) is 119 Å². The van der Waals surface area contributed by atoms with Crippen LogP contribution in [0, 0.1) is 5.82 Å². The molecule has 0 radical (unpaired) electrons. The Kier molecular flexibility index (Phi) is 6.36. The van der Waals surface area contributed by atoms with Gasteiger partial charge in [0.15, 0.2) is 0 Å². The molecule has 0 aliphatic rings. The summed E-state index contributed by atoms with van der Waals surface area (Å²) in [5.74, 6) is -0.678. The van der Waals surface area contributed by atoms with Gasteiger partial charge in [-0.3, -0.25) is 4.79 Å². The van der Waals surface area contributed by atoms with Crippen molar-refractivity contribution >= 4 is 17.5 Å². The van der Waals surface area contributed by atoms with E-state index in [0.29, 0.717) is 34.1 Å². The fourth-order valence-electron chi connectivity index (χ4n) is 3.61. The normalized spacial score (nSPS) is 10.9. The molecule has 174 valence electrons. The van der Waals surface area contributed by atoms with E-state index in [9.17, 15) is 9.18 Å². The first-order valence-corrected chi connectivity index (χ1v) is 11.3. The average Bonchev–Trinajstić information content (AvgIpc) is 3.53. The van der Waals surface area contributed by atoms with Crippen molar-refractivity contribution in [3.8, 4) is 16.9 Å². The second-order valence-corrected chi connectivity index (χ2v) is 8.33. The molecule has 3 aromatic carbocycles. The summed E-state index contributed by atoms with van der Waals surface area (Å²) in [6.07, 6.45) is 3.45. The van der Waals surface area contributed by atoms with Gasteiger partial charge in [-0.05, 0) is 54.1 Å². The lowest BCUT2D eigenvalue weighted by molar-refractivity contribution is 0.0951. The highest BCUT2D eigenvalue weighted by atomic mass is 35.5. The Labute approximate surface area is 205 Å². The molecule has 0 fully saturated rings. The molecular weight excluding hydrogens is 467 g/mol. The van der Waals surface area contributed by atoms with Gasteiger partial charge in [0.1, 0.15) is 17.2 Å². The lowest BCUT2D eigenvalue weighted by Crippen LogP contribution is -2.23. The summed E-state index contributed by atoms with van der Waals surface area (Å²) in [7, 11) is 0. The summed E-state index contributed by atoms with van der Waals surface area (Å²) < 4.78 is 16.8. The van der Waals surface area contributed by atoms with E-state index >= 15 is 0 Å². The lowest BCUT2D eigenvalue weighted by Gasteiger charge is -2.04. The number of amides is 1. The quantitative estimate of drug-likeness (QED) is 0.355. The number of carbonyl (C=O) groups is 1. The zero-order valence-electron chi connectivity index (χ0n) is 18.5. The van der Waals surface area contributed by atoms with Crippen molar-refractivity contribution in [2.45, 2.75) is 13.1 Å². The maximum Gasteiger partial charge on any atom is 0.255 e. The van der Waals surface area contributed by atoms with Crippen LogP contribution >= 0.6 is 11.6 Å². The van der Waals surface area contributed by atoms with E-state index in [1.807, 2.05) is 54.6 Å². The molecule has 0 atom stereocenters. The number of para-hydroxylation sites is 1. The van der Waals surface area contributed by atoms with Crippen LogP contribution in [-0.2, 0) is 13.1 Å². The van der Waals surface area contributed by atoms with Gasteiger partial charge in [-0.1, -0.05) is 47.1 Å². The topological polar surface area (TPSA) is 77.6 Å². The summed E-state index contributed by atoms with van der Waals surface area (Å²) in [5, 5.41) is 16.4. The molecule has 5 rings (SSSR count). The largest absolute Gasteiger partial charge is 0.346 e. The highest BCUT2D eigenvalue weighted by molar-refractivity contribution is 6.30. The molecule has 2 aromatic heterocycles. The van der Waals surface area contributed by atoms with Crippen LogP contribution in [0.15, 0.2) is 91.3 Å². The molecule has 0 saturated carbocycles. The SMILES string of the molecule is O=C(NCc1cn(Cc2ccc(Cl)cc2)nn1)c1cn(-c2ccccc2)nc1-c1ccc(F)cc1. The molecule has 35 heavy (non-hydrogen) atoms.